The van der Waals surface area contributed by atoms with E-state index in [0.717, 1.165) is 43.5 Å². The molecule has 29 heavy (non-hydrogen) atoms. The smallest absolute Gasteiger partial charge is 0.252 e. The predicted octanol–water partition coefficient (Wildman–Crippen LogP) is 4.36. The second-order valence-electron chi connectivity index (χ2n) is 8.35. The van der Waals surface area contributed by atoms with E-state index in [4.69, 9.17) is 4.74 Å². The van der Waals surface area contributed by atoms with Gasteiger partial charge in [-0.1, -0.05) is 55.5 Å². The molecule has 2 aliphatic heterocycles. The van der Waals surface area contributed by atoms with Gasteiger partial charge in [-0.25, -0.2) is 0 Å². The number of methoxy groups -OCH3 is 1. The van der Waals surface area contributed by atoms with Crippen LogP contribution in [0, 0.1) is 0 Å². The minimum Gasteiger partial charge on any atom is -0.383 e. The molecule has 1 amide bonds. The Morgan fingerprint density at radius 2 is 1.83 bits per heavy atom. The van der Waals surface area contributed by atoms with Crippen LogP contribution in [-0.4, -0.2) is 42.6 Å². The van der Waals surface area contributed by atoms with Crippen LogP contribution in [0.25, 0.3) is 0 Å². The van der Waals surface area contributed by atoms with Gasteiger partial charge in [-0.05, 0) is 49.3 Å². The van der Waals surface area contributed by atoms with Crippen molar-refractivity contribution in [1.29, 1.82) is 0 Å². The highest BCUT2D eigenvalue weighted by Gasteiger charge is 2.56. The first-order chi connectivity index (χ1) is 14.2. The van der Waals surface area contributed by atoms with E-state index in [1.165, 1.54) is 18.4 Å². The number of fused-ring (bicyclic) bond motifs is 2. The first-order valence-electron chi connectivity index (χ1n) is 10.9. The van der Waals surface area contributed by atoms with Crippen molar-refractivity contribution in [2.75, 3.05) is 20.3 Å². The topological polar surface area (TPSA) is 41.6 Å². The summed E-state index contributed by atoms with van der Waals surface area (Å²) in [6.45, 7) is 3.75. The van der Waals surface area contributed by atoms with Crippen molar-refractivity contribution in [2.24, 2.45) is 0 Å². The quantitative estimate of drug-likeness (QED) is 0.726. The van der Waals surface area contributed by atoms with Gasteiger partial charge in [0.15, 0.2) is 0 Å². The van der Waals surface area contributed by atoms with E-state index < -0.39 is 0 Å². The number of amides is 1. The molecule has 2 aromatic carbocycles. The van der Waals surface area contributed by atoms with Crippen LogP contribution < -0.4 is 5.32 Å². The third kappa shape index (κ3) is 3.72. The highest BCUT2D eigenvalue weighted by molar-refractivity contribution is 5.96. The number of nitrogens with zero attached hydrogens (tertiary/aromatic N) is 1. The van der Waals surface area contributed by atoms with Crippen LogP contribution in [0.1, 0.15) is 60.1 Å². The lowest BCUT2D eigenvalue weighted by Gasteiger charge is -2.42. The molecule has 4 heteroatoms. The number of hydrogen-bond donors (Lipinski definition) is 1. The Bertz CT molecular complexity index is 828. The molecule has 154 valence electrons. The van der Waals surface area contributed by atoms with Crippen LogP contribution in [0.2, 0.25) is 0 Å². The van der Waals surface area contributed by atoms with E-state index in [1.54, 1.807) is 7.11 Å². The van der Waals surface area contributed by atoms with Gasteiger partial charge in [-0.3, -0.25) is 9.69 Å². The Kier molecular flexibility index (Phi) is 6.02. The first-order valence-corrected chi connectivity index (χ1v) is 10.9. The highest BCUT2D eigenvalue weighted by Crippen LogP contribution is 2.52. The van der Waals surface area contributed by atoms with Crippen LogP contribution in [0.4, 0.5) is 0 Å². The normalized spacial score (nSPS) is 24.6. The van der Waals surface area contributed by atoms with Gasteiger partial charge in [-0.2, -0.15) is 0 Å². The largest absolute Gasteiger partial charge is 0.383 e. The molecular formula is C25H32N2O2. The molecule has 2 fully saturated rings. The molecule has 4 rings (SSSR count). The number of carbonyl (C=O) groups is 1. The minimum absolute atomic E-state index is 0.0227. The summed E-state index contributed by atoms with van der Waals surface area (Å²) in [7, 11) is 1.77. The van der Waals surface area contributed by atoms with Crippen LogP contribution in [-0.2, 0) is 11.2 Å². The fraction of sp³-hybridized carbons (Fsp3) is 0.480. The number of rotatable bonds is 8. The Morgan fingerprint density at radius 1 is 1.14 bits per heavy atom. The minimum atomic E-state index is -0.0264. The third-order valence-corrected chi connectivity index (χ3v) is 6.96. The maximum atomic E-state index is 13.4. The zero-order valence-electron chi connectivity index (χ0n) is 17.6. The molecule has 4 nitrogen and oxygen atoms in total. The maximum Gasteiger partial charge on any atom is 0.252 e. The summed E-state index contributed by atoms with van der Waals surface area (Å²) in [5.41, 5.74) is 3.06. The molecule has 1 N–H and O–H groups in total. The van der Waals surface area contributed by atoms with E-state index in [1.807, 2.05) is 24.3 Å². The van der Waals surface area contributed by atoms with Gasteiger partial charge < -0.3 is 10.1 Å². The molecular weight excluding hydrogens is 360 g/mol. The summed E-state index contributed by atoms with van der Waals surface area (Å²) in [6.07, 6.45) is 5.50. The van der Waals surface area contributed by atoms with E-state index in [2.05, 4.69) is 47.5 Å². The summed E-state index contributed by atoms with van der Waals surface area (Å²) in [5, 5.41) is 3.47. The average molecular weight is 393 g/mol. The van der Waals surface area contributed by atoms with Gasteiger partial charge in [0.1, 0.15) is 0 Å². The van der Waals surface area contributed by atoms with Gasteiger partial charge in [0, 0.05) is 30.8 Å². The Hall–Kier alpha value is -2.17. The number of aryl methyl sites for hydroxylation is 1. The number of carbonyl (C=O) groups excluding carboxylic acids is 1. The van der Waals surface area contributed by atoms with Crippen molar-refractivity contribution in [2.45, 2.75) is 56.7 Å². The van der Waals surface area contributed by atoms with Crippen molar-refractivity contribution in [1.82, 2.24) is 10.2 Å². The first kappa shape index (κ1) is 20.1. The van der Waals surface area contributed by atoms with Gasteiger partial charge >= 0.3 is 0 Å². The lowest BCUT2D eigenvalue weighted by atomic mass is 9.78. The molecule has 2 saturated heterocycles. The molecule has 2 aromatic rings. The fourth-order valence-corrected chi connectivity index (χ4v) is 5.55. The zero-order valence-corrected chi connectivity index (χ0v) is 17.6. The molecule has 0 aromatic heterocycles. The van der Waals surface area contributed by atoms with Crippen molar-refractivity contribution < 1.29 is 9.53 Å². The Balaban J connectivity index is 1.69. The van der Waals surface area contributed by atoms with Crippen molar-refractivity contribution in [3.05, 3.63) is 71.3 Å². The monoisotopic (exact) mass is 392 g/mol. The number of ether oxygens (including phenoxy) is 1. The maximum absolute atomic E-state index is 13.4. The lowest BCUT2D eigenvalue weighted by Crippen LogP contribution is -2.53. The lowest BCUT2D eigenvalue weighted by molar-refractivity contribution is 0.0638. The SMILES string of the molecule is CCc1ccccc1C(=O)N[C@H](c1ccccc1)C12CCC(CC1)N2CCOC. The summed E-state index contributed by atoms with van der Waals surface area (Å²) in [4.78, 5) is 16.0. The van der Waals surface area contributed by atoms with Crippen molar-refractivity contribution in [3.63, 3.8) is 0 Å². The van der Waals surface area contributed by atoms with Crippen LogP contribution in [0.15, 0.2) is 54.6 Å². The van der Waals surface area contributed by atoms with E-state index in [0.29, 0.717) is 6.04 Å². The molecule has 0 radical (unpaired) electrons. The molecule has 2 aliphatic rings. The summed E-state index contributed by atoms with van der Waals surface area (Å²) >= 11 is 0. The molecule has 0 unspecified atom stereocenters. The second-order valence-corrected chi connectivity index (χ2v) is 8.35. The van der Waals surface area contributed by atoms with Gasteiger partial charge in [0.25, 0.3) is 5.91 Å². The van der Waals surface area contributed by atoms with E-state index >= 15 is 0 Å². The van der Waals surface area contributed by atoms with Gasteiger partial charge in [0.05, 0.1) is 12.6 Å². The van der Waals surface area contributed by atoms with E-state index in [9.17, 15) is 4.79 Å². The van der Waals surface area contributed by atoms with Gasteiger partial charge in [0.2, 0.25) is 0 Å². The summed E-state index contributed by atoms with van der Waals surface area (Å²) < 4.78 is 5.41. The molecule has 1 atom stereocenters. The van der Waals surface area contributed by atoms with Gasteiger partial charge in [-0.15, -0.1) is 0 Å². The molecule has 2 bridgehead atoms. The predicted molar refractivity (Wildman–Crippen MR) is 116 cm³/mol. The number of nitrogens with one attached hydrogen (secondary N) is 1. The number of hydrogen-bond acceptors (Lipinski definition) is 3. The fourth-order valence-electron chi connectivity index (χ4n) is 5.55. The third-order valence-electron chi connectivity index (χ3n) is 6.96. The van der Waals surface area contributed by atoms with Crippen LogP contribution >= 0.6 is 0 Å². The molecule has 2 heterocycles. The number of benzene rings is 2. The highest BCUT2D eigenvalue weighted by atomic mass is 16.5. The van der Waals surface area contributed by atoms with Crippen LogP contribution in [0.3, 0.4) is 0 Å². The average Bonchev–Trinajstić information content (AvgIpc) is 3.31. The Labute approximate surface area is 174 Å². The molecule has 0 spiro atoms. The molecule has 0 saturated carbocycles. The molecule has 0 aliphatic carbocycles. The summed E-state index contributed by atoms with van der Waals surface area (Å²) in [5.74, 6) is 0.0349. The van der Waals surface area contributed by atoms with E-state index in [-0.39, 0.29) is 17.5 Å². The second kappa shape index (κ2) is 8.68. The zero-order chi connectivity index (χ0) is 20.3. The van der Waals surface area contributed by atoms with Crippen molar-refractivity contribution >= 4 is 5.91 Å². The Morgan fingerprint density at radius 3 is 2.52 bits per heavy atom. The van der Waals surface area contributed by atoms with Crippen LogP contribution in [0.5, 0.6) is 0 Å². The summed E-state index contributed by atoms with van der Waals surface area (Å²) in [6, 6.07) is 19.1. The van der Waals surface area contributed by atoms with Crippen molar-refractivity contribution in [3.8, 4) is 0 Å². The standard InChI is InChI=1S/C25H32N2O2/c1-3-19-9-7-8-12-22(19)24(28)26-23(20-10-5-4-6-11-20)25-15-13-21(14-16-25)27(25)17-18-29-2/h4-12,21,23H,3,13-18H2,1-2H3,(H,26,28)/t21?,23-,25?/m1/s1.